The summed E-state index contributed by atoms with van der Waals surface area (Å²) < 4.78 is 14.5. The lowest BCUT2D eigenvalue weighted by Crippen LogP contribution is -2.22. The van der Waals surface area contributed by atoms with E-state index in [-0.39, 0.29) is 0 Å². The Morgan fingerprint density at radius 2 is 2.00 bits per heavy atom. The van der Waals surface area contributed by atoms with Gasteiger partial charge in [-0.05, 0) is 24.2 Å². The molecule has 0 aliphatic heterocycles. The molecule has 0 aliphatic carbocycles. The third kappa shape index (κ3) is 4.12. The number of thiazole rings is 1. The standard InChI is InChI=1S/C20H25N5O2SSi/c1-26-20-14(9-16-18(24-20)22-11-28-16)15-10-25(12-27-7-8-29(2,3)4)19-13(15)5-6-17(21)23-19/h5-6,9-11H,7-8,12H2,1-4H3,(H2,21,23). The van der Waals surface area contributed by atoms with Crippen LogP contribution in [0.15, 0.2) is 29.9 Å². The zero-order chi connectivity index (χ0) is 20.6. The number of rotatable bonds is 7. The van der Waals surface area contributed by atoms with Gasteiger partial charge in [0, 0.05) is 37.4 Å². The summed E-state index contributed by atoms with van der Waals surface area (Å²) in [5.74, 6) is 1.02. The van der Waals surface area contributed by atoms with Crippen molar-refractivity contribution in [2.24, 2.45) is 0 Å². The van der Waals surface area contributed by atoms with Crippen LogP contribution in [0.25, 0.3) is 32.5 Å². The zero-order valence-electron chi connectivity index (χ0n) is 17.1. The molecule has 7 nitrogen and oxygen atoms in total. The van der Waals surface area contributed by atoms with E-state index in [2.05, 4.69) is 40.7 Å². The molecular formula is C20H25N5O2SSi. The van der Waals surface area contributed by atoms with E-state index in [0.29, 0.717) is 24.1 Å². The van der Waals surface area contributed by atoms with Crippen molar-refractivity contribution in [3.63, 3.8) is 0 Å². The number of fused-ring (bicyclic) bond motifs is 2. The summed E-state index contributed by atoms with van der Waals surface area (Å²) in [5, 5.41) is 0.983. The first-order valence-corrected chi connectivity index (χ1v) is 14.1. The lowest BCUT2D eigenvalue weighted by Gasteiger charge is -2.15. The number of methoxy groups -OCH3 is 1. The quantitative estimate of drug-likeness (QED) is 0.342. The fourth-order valence-corrected chi connectivity index (χ4v) is 4.58. The van der Waals surface area contributed by atoms with E-state index in [1.165, 1.54) is 0 Å². The normalized spacial score (nSPS) is 12.1. The molecule has 4 heterocycles. The largest absolute Gasteiger partial charge is 0.480 e. The Bertz CT molecular complexity index is 1170. The molecule has 152 valence electrons. The summed E-state index contributed by atoms with van der Waals surface area (Å²) in [6.45, 7) is 8.20. The summed E-state index contributed by atoms with van der Waals surface area (Å²) in [4.78, 5) is 13.4. The number of pyridine rings is 2. The molecule has 0 radical (unpaired) electrons. The lowest BCUT2D eigenvalue weighted by atomic mass is 10.1. The van der Waals surface area contributed by atoms with Gasteiger partial charge in [0.15, 0.2) is 5.65 Å². The minimum atomic E-state index is -1.14. The average Bonchev–Trinajstić information content (AvgIpc) is 3.27. The van der Waals surface area contributed by atoms with Gasteiger partial charge >= 0.3 is 0 Å². The molecule has 0 spiro atoms. The van der Waals surface area contributed by atoms with Gasteiger partial charge < -0.3 is 19.8 Å². The van der Waals surface area contributed by atoms with Gasteiger partial charge in [-0.25, -0.2) is 9.97 Å². The first-order valence-electron chi connectivity index (χ1n) is 9.47. The van der Waals surface area contributed by atoms with Crippen LogP contribution < -0.4 is 10.5 Å². The van der Waals surface area contributed by atoms with Crippen LogP contribution >= 0.6 is 11.3 Å². The van der Waals surface area contributed by atoms with E-state index in [1.807, 2.05) is 22.9 Å². The molecule has 0 saturated carbocycles. The maximum atomic E-state index is 5.97. The van der Waals surface area contributed by atoms with Crippen molar-refractivity contribution in [3.05, 3.63) is 29.9 Å². The van der Waals surface area contributed by atoms with Crippen molar-refractivity contribution in [3.8, 4) is 17.0 Å². The highest BCUT2D eigenvalue weighted by Gasteiger charge is 2.18. The van der Waals surface area contributed by atoms with Crippen LogP contribution in [-0.4, -0.2) is 41.3 Å². The van der Waals surface area contributed by atoms with E-state index in [1.54, 1.807) is 24.0 Å². The molecule has 2 N–H and O–H groups in total. The molecular weight excluding hydrogens is 402 g/mol. The van der Waals surface area contributed by atoms with Gasteiger partial charge in [-0.1, -0.05) is 19.6 Å². The fraction of sp³-hybridized carbons (Fsp3) is 0.350. The molecule has 4 aromatic heterocycles. The Kier molecular flexibility index (Phi) is 5.28. The van der Waals surface area contributed by atoms with Gasteiger partial charge in [-0.3, -0.25) is 0 Å². The van der Waals surface area contributed by atoms with Crippen LogP contribution in [0.5, 0.6) is 5.88 Å². The number of nitrogen functional groups attached to an aromatic ring is 1. The second kappa shape index (κ2) is 7.73. The topological polar surface area (TPSA) is 88.1 Å². The molecule has 29 heavy (non-hydrogen) atoms. The summed E-state index contributed by atoms with van der Waals surface area (Å²) in [6, 6.07) is 6.99. The Labute approximate surface area is 174 Å². The number of nitrogens with zero attached hydrogens (tertiary/aromatic N) is 4. The molecule has 0 aliphatic rings. The van der Waals surface area contributed by atoms with Gasteiger partial charge in [0.05, 0.1) is 17.3 Å². The number of hydrogen-bond donors (Lipinski definition) is 1. The van der Waals surface area contributed by atoms with E-state index in [9.17, 15) is 0 Å². The van der Waals surface area contributed by atoms with Crippen molar-refractivity contribution in [2.45, 2.75) is 32.4 Å². The molecule has 9 heteroatoms. The summed E-state index contributed by atoms with van der Waals surface area (Å²) >= 11 is 1.56. The summed E-state index contributed by atoms with van der Waals surface area (Å²) in [7, 11) is 0.487. The molecule has 0 atom stereocenters. The second-order valence-corrected chi connectivity index (χ2v) is 14.7. The van der Waals surface area contributed by atoms with E-state index >= 15 is 0 Å². The highest BCUT2D eigenvalue weighted by molar-refractivity contribution is 7.16. The number of ether oxygens (including phenoxy) is 2. The zero-order valence-corrected chi connectivity index (χ0v) is 18.9. The van der Waals surface area contributed by atoms with Crippen molar-refractivity contribution in [1.29, 1.82) is 0 Å². The molecule has 4 rings (SSSR count). The number of nitrogens with two attached hydrogens (primary N) is 1. The molecule has 0 bridgehead atoms. The fourth-order valence-electron chi connectivity index (χ4n) is 3.16. The Balaban J connectivity index is 1.75. The molecule has 0 aromatic carbocycles. The Morgan fingerprint density at radius 1 is 1.17 bits per heavy atom. The van der Waals surface area contributed by atoms with Crippen molar-refractivity contribution < 1.29 is 9.47 Å². The van der Waals surface area contributed by atoms with Crippen molar-refractivity contribution >= 4 is 46.6 Å². The van der Waals surface area contributed by atoms with Crippen LogP contribution in [0.4, 0.5) is 5.82 Å². The molecule has 0 unspecified atom stereocenters. The number of anilines is 1. The van der Waals surface area contributed by atoms with Gasteiger partial charge in [-0.15, -0.1) is 11.3 Å². The maximum Gasteiger partial charge on any atom is 0.223 e. The predicted octanol–water partition coefficient (Wildman–Crippen LogP) is 4.61. The van der Waals surface area contributed by atoms with Crippen molar-refractivity contribution in [2.75, 3.05) is 19.5 Å². The number of hydrogen-bond acceptors (Lipinski definition) is 7. The highest BCUT2D eigenvalue weighted by atomic mass is 32.1. The van der Waals surface area contributed by atoms with Crippen LogP contribution in [0, 0.1) is 0 Å². The summed E-state index contributed by atoms with van der Waals surface area (Å²) in [6.07, 6.45) is 2.04. The highest BCUT2D eigenvalue weighted by Crippen LogP contribution is 2.37. The lowest BCUT2D eigenvalue weighted by molar-refractivity contribution is 0.0899. The van der Waals surface area contributed by atoms with E-state index < -0.39 is 8.07 Å². The third-order valence-corrected chi connectivity index (χ3v) is 7.21. The summed E-state index contributed by atoms with van der Waals surface area (Å²) in [5.41, 5.74) is 11.1. The van der Waals surface area contributed by atoms with Crippen LogP contribution in [-0.2, 0) is 11.5 Å². The van der Waals surface area contributed by atoms with Crippen LogP contribution in [0.1, 0.15) is 0 Å². The smallest absolute Gasteiger partial charge is 0.223 e. The molecule has 4 aromatic rings. The molecule has 0 saturated heterocycles. The first-order chi connectivity index (χ1) is 13.9. The molecule has 0 amide bonds. The first kappa shape index (κ1) is 19.8. The van der Waals surface area contributed by atoms with Gasteiger partial charge in [0.1, 0.15) is 18.2 Å². The van der Waals surface area contributed by atoms with Crippen LogP contribution in [0.2, 0.25) is 25.7 Å². The monoisotopic (exact) mass is 427 g/mol. The van der Waals surface area contributed by atoms with Gasteiger partial charge in [0.2, 0.25) is 5.88 Å². The third-order valence-electron chi connectivity index (χ3n) is 4.74. The molecule has 0 fully saturated rings. The van der Waals surface area contributed by atoms with Gasteiger partial charge in [0.25, 0.3) is 0 Å². The minimum absolute atomic E-state index is 0.427. The average molecular weight is 428 g/mol. The van der Waals surface area contributed by atoms with Gasteiger partial charge in [-0.2, -0.15) is 4.98 Å². The second-order valence-electron chi connectivity index (χ2n) is 8.19. The Morgan fingerprint density at radius 3 is 2.76 bits per heavy atom. The van der Waals surface area contributed by atoms with E-state index in [0.717, 1.165) is 39.5 Å². The number of aromatic nitrogens is 4. The Hall–Kier alpha value is -2.49. The maximum absolute atomic E-state index is 5.97. The van der Waals surface area contributed by atoms with E-state index in [4.69, 9.17) is 15.2 Å². The minimum Gasteiger partial charge on any atom is -0.480 e. The van der Waals surface area contributed by atoms with Crippen LogP contribution in [0.3, 0.4) is 0 Å². The van der Waals surface area contributed by atoms with Crippen molar-refractivity contribution in [1.82, 2.24) is 19.5 Å². The predicted molar refractivity (Wildman–Crippen MR) is 121 cm³/mol. The SMILES string of the molecule is COc1nc2ncsc2cc1-c1cn(COCC[Si](C)(C)C)c2nc(N)ccc12.